The molecule has 0 radical (unpaired) electrons. The highest BCUT2D eigenvalue weighted by Crippen LogP contribution is 2.74. The van der Waals surface area contributed by atoms with Gasteiger partial charge in [-0.05, 0) is 411 Å². The van der Waals surface area contributed by atoms with E-state index in [1.807, 2.05) is 34.6 Å². The lowest BCUT2D eigenvalue weighted by Crippen LogP contribution is -2.55. The zero-order chi connectivity index (χ0) is 94.4. The van der Waals surface area contributed by atoms with Crippen molar-refractivity contribution >= 4 is 46.4 Å². The van der Waals surface area contributed by atoms with Crippen LogP contribution in [0.15, 0.2) is 31.4 Å². The molecule has 4 N–H and O–H groups in total. The summed E-state index contributed by atoms with van der Waals surface area (Å²) >= 11 is 0. The summed E-state index contributed by atoms with van der Waals surface area (Å²) in [4.78, 5) is 91.4. The van der Waals surface area contributed by atoms with Crippen LogP contribution in [-0.2, 0) is 54.8 Å². The lowest BCUT2D eigenvalue weighted by molar-refractivity contribution is -0.151. The molecule has 0 bridgehead atoms. The Labute approximate surface area is 785 Å². The largest absolute Gasteiger partial charge is 0.492 e. The van der Waals surface area contributed by atoms with E-state index in [-0.39, 0.29) is 113 Å². The summed E-state index contributed by atoms with van der Waals surface area (Å²) in [5, 5.41) is 75.7. The molecular weight excluding hydrogens is 1660 g/mol. The number of ketones is 6. The molecule has 20 rings (SSSR count). The van der Waals surface area contributed by atoms with E-state index in [4.69, 9.17) is 9.47 Å². The lowest BCUT2D eigenvalue weighted by Gasteiger charge is -2.61. The number of Topliss-reactive ketones (excluding diaryl/α,β-unsaturated/α-hetero) is 6. The molecule has 728 valence electrons. The van der Waals surface area contributed by atoms with Crippen molar-refractivity contribution in [3.63, 3.8) is 0 Å². The Morgan fingerprint density at radius 2 is 0.621 bits per heavy atom. The van der Waals surface area contributed by atoms with Gasteiger partial charge < -0.3 is 29.9 Å². The van der Waals surface area contributed by atoms with E-state index in [9.17, 15) is 54.0 Å². The van der Waals surface area contributed by atoms with Gasteiger partial charge in [-0.25, -0.2) is 14.2 Å². The van der Waals surface area contributed by atoms with Gasteiger partial charge in [-0.1, -0.05) is 72.4 Å². The minimum Gasteiger partial charge on any atom is -0.492 e. The Bertz CT molecular complexity index is 4660. The summed E-state index contributed by atoms with van der Waals surface area (Å²) in [6.07, 6.45) is 46.1. The standard InChI is InChI=1S/C28H43N3O3.C27H41N3O4.2C26H39N3O3/c1-6-34-18(2)24-16-31(30-29-24)17-25(32)23-10-9-21-20-8-7-19-15-26(3,33)13-14-27(19,4)22(20)11-12-28(21,23)5;1-5-34-24(32)22-15-28-30(29-22)16-23(31)21-9-8-19-18-7-6-17-14-25(2,33)12-13-26(17,3)20(18)10-11-27(19,21)4;1-16(30)22-14-29(28-27-22)15-23(31)21-8-7-19-18-6-5-17-13-24(2,32)11-12-25(17,3)20(18)9-10-26(19,21)4;1-16(30)22-14-27-29(28-22)15-23(31)21-8-7-19-18-6-5-17-13-24(2,32)11-12-25(17,3)20(18)9-10-26(19,21)4/h16,19-23,33H,2,6-15,17H2,1,3-5H3;15,17-21,33H,5-14,16H2,1-4H3;2*14,17-21,32H,5-13,15H2,1-4H3/t19-,20+,21+,22+,23-,26-,27+,28+;17-,18+,19+,20+,21-,25-,26+,27+;2*17-,18+,19+,20+,21-,24-,25+,26+/m1111/s1. The van der Waals surface area contributed by atoms with Crippen LogP contribution < -0.4 is 0 Å². The van der Waals surface area contributed by atoms with Crippen molar-refractivity contribution < 1.29 is 63.5 Å². The molecule has 0 amide bonds. The van der Waals surface area contributed by atoms with Crippen LogP contribution in [0.5, 0.6) is 0 Å². The number of aliphatic hydroxyl groups is 4. The predicted octanol–water partition coefficient (Wildman–Crippen LogP) is 18.6. The monoisotopic (exact) mass is 1820 g/mol. The molecule has 4 aromatic heterocycles. The fourth-order valence-corrected chi connectivity index (χ4v) is 35.4. The van der Waals surface area contributed by atoms with E-state index in [1.54, 1.807) is 28.7 Å². The molecule has 0 aliphatic heterocycles. The molecule has 4 aromatic rings. The Kier molecular flexibility index (Phi) is 26.5. The van der Waals surface area contributed by atoms with E-state index in [0.29, 0.717) is 128 Å². The van der Waals surface area contributed by atoms with Crippen molar-refractivity contribution in [2.75, 3.05) is 13.2 Å². The van der Waals surface area contributed by atoms with Gasteiger partial charge >= 0.3 is 5.97 Å². The average Bonchev–Trinajstić information content (AvgIpc) is 1.44. The van der Waals surface area contributed by atoms with Crippen LogP contribution in [0.25, 0.3) is 5.76 Å². The highest BCUT2D eigenvalue weighted by molar-refractivity contribution is 5.92. The molecule has 25 nitrogen and oxygen atoms in total. The molecule has 16 aliphatic rings. The van der Waals surface area contributed by atoms with Crippen molar-refractivity contribution in [1.29, 1.82) is 0 Å². The third kappa shape index (κ3) is 17.7. The molecule has 0 aromatic carbocycles. The molecule has 0 saturated heterocycles. The number of rotatable bonds is 19. The molecule has 4 heterocycles. The van der Waals surface area contributed by atoms with Crippen molar-refractivity contribution in [3.8, 4) is 0 Å². The number of aromatic nitrogens is 12. The van der Waals surface area contributed by atoms with Gasteiger partial charge in [0, 0.05) is 37.5 Å². The van der Waals surface area contributed by atoms with Crippen molar-refractivity contribution in [1.82, 2.24) is 60.0 Å². The molecule has 16 saturated carbocycles. The summed E-state index contributed by atoms with van der Waals surface area (Å²) in [7, 11) is 0. The van der Waals surface area contributed by atoms with E-state index in [1.165, 1.54) is 119 Å². The Balaban J connectivity index is 0.000000123. The first-order valence-corrected chi connectivity index (χ1v) is 52.3. The highest BCUT2D eigenvalue weighted by Gasteiger charge is 2.68. The number of carbonyl (C=O) groups is 7. The fourth-order valence-electron chi connectivity index (χ4n) is 35.4. The summed E-state index contributed by atoms with van der Waals surface area (Å²) in [5.74, 6) is 11.8. The molecular formula is C107H162N12O13. The van der Waals surface area contributed by atoms with Crippen molar-refractivity contribution in [3.05, 3.63) is 54.1 Å². The lowest BCUT2D eigenvalue weighted by atomic mass is 9.44. The van der Waals surface area contributed by atoms with Crippen LogP contribution in [0, 0.1) is 162 Å². The van der Waals surface area contributed by atoms with Crippen LogP contribution in [-0.4, -0.2) is 157 Å². The quantitative estimate of drug-likeness (QED) is 0.0385. The number of carbonyl (C=O) groups excluding carboxylic acids is 7. The van der Waals surface area contributed by atoms with E-state index in [2.05, 4.69) is 103 Å². The van der Waals surface area contributed by atoms with Crippen LogP contribution in [0.2, 0.25) is 0 Å². The molecule has 0 spiro atoms. The van der Waals surface area contributed by atoms with Crippen molar-refractivity contribution in [2.45, 2.75) is 391 Å². The smallest absolute Gasteiger partial charge is 0.360 e. The van der Waals surface area contributed by atoms with Gasteiger partial charge in [0.1, 0.15) is 49.0 Å². The Morgan fingerprint density at radius 1 is 0.341 bits per heavy atom. The average molecular weight is 1820 g/mol. The first-order valence-electron chi connectivity index (χ1n) is 52.3. The van der Waals surface area contributed by atoms with E-state index < -0.39 is 28.4 Å². The van der Waals surface area contributed by atoms with Gasteiger partial charge in [-0.3, -0.25) is 28.8 Å². The minimum absolute atomic E-state index is 0.0353. The number of ether oxygens (including phenoxy) is 2. The van der Waals surface area contributed by atoms with Gasteiger partial charge in [-0.15, -0.1) is 20.4 Å². The maximum absolute atomic E-state index is 13.5. The predicted molar refractivity (Wildman–Crippen MR) is 500 cm³/mol. The second-order valence-corrected chi connectivity index (χ2v) is 49.8. The fraction of sp³-hybridized carbons (Fsp3) is 0.841. The molecule has 0 unspecified atom stereocenters. The molecule has 25 heteroatoms. The van der Waals surface area contributed by atoms with Crippen LogP contribution in [0.1, 0.15) is 379 Å². The van der Waals surface area contributed by atoms with Crippen LogP contribution >= 0.6 is 0 Å². The topological polar surface area (TPSA) is 342 Å². The second-order valence-electron chi connectivity index (χ2n) is 49.8. The first-order chi connectivity index (χ1) is 62.2. The molecule has 32 atom stereocenters. The number of hydrogen-bond acceptors (Lipinski definition) is 21. The van der Waals surface area contributed by atoms with Crippen LogP contribution in [0.4, 0.5) is 0 Å². The summed E-state index contributed by atoms with van der Waals surface area (Å²) < 4.78 is 13.6. The highest BCUT2D eigenvalue weighted by atomic mass is 16.5. The number of nitrogens with zero attached hydrogens (tertiary/aromatic N) is 12. The summed E-state index contributed by atoms with van der Waals surface area (Å²) in [5.41, 5.74) is 1.09. The molecule has 16 aliphatic carbocycles. The number of esters is 1. The van der Waals surface area contributed by atoms with Gasteiger partial charge in [0.2, 0.25) is 0 Å². The summed E-state index contributed by atoms with van der Waals surface area (Å²) in [6.45, 7) is 39.8. The minimum atomic E-state index is -0.501. The zero-order valence-corrected chi connectivity index (χ0v) is 83.1. The first kappa shape index (κ1) is 97.1. The number of fused-ring (bicyclic) bond motifs is 20. The molecule has 16 fully saturated rings. The SMILES string of the molecule is C=C(OCC)c1cn(CC(=O)[C@H]2CC[C@H]3[C@@H]4CC[C@@H]5C[C@](C)(O)CC[C@]5(C)[C@H]4CC[C@]23C)nn1.CC(=O)c1cn(CC(=O)[C@H]2CC[C@H]3[C@@H]4CC[C@@H]5C[C@](C)(O)CC[C@]5(C)[C@H]4CC[C@]23C)nn1.CC(=O)c1cnn(CC(=O)[C@H]2CC[C@H]3[C@@H]4CC[C@@H]5C[C@](C)(O)CC[C@]5(C)[C@H]4CC[C@]23C)n1.CCOC(=O)c1cnn(CC(=O)[C@H]2CC[C@H]3[C@@H]4CC[C@@H]5C[C@](C)(O)CC[C@]5(C)[C@H]4CC[C@]23C)n1. The Hall–Kier alpha value is -6.57. The zero-order valence-electron chi connectivity index (χ0n) is 83.1. The third-order valence-electron chi connectivity index (χ3n) is 42.6. The summed E-state index contributed by atoms with van der Waals surface area (Å²) in [6, 6.07) is 0. The normalized spacial score (nSPS) is 44.5. The van der Waals surface area contributed by atoms with Crippen molar-refractivity contribution in [2.24, 2.45) is 162 Å². The van der Waals surface area contributed by atoms with E-state index >= 15 is 0 Å². The maximum atomic E-state index is 13.5. The van der Waals surface area contributed by atoms with Gasteiger partial charge in [0.25, 0.3) is 0 Å². The van der Waals surface area contributed by atoms with Gasteiger partial charge in [0.15, 0.2) is 40.4 Å². The van der Waals surface area contributed by atoms with Crippen LogP contribution in [0.3, 0.4) is 0 Å². The van der Waals surface area contributed by atoms with E-state index in [0.717, 1.165) is 171 Å². The van der Waals surface area contributed by atoms with Gasteiger partial charge in [-0.2, -0.15) is 19.8 Å². The van der Waals surface area contributed by atoms with Gasteiger partial charge in [0.05, 0.1) is 60.4 Å². The number of hydrogen-bond donors (Lipinski definition) is 4. The Morgan fingerprint density at radius 3 is 0.917 bits per heavy atom. The molecule has 132 heavy (non-hydrogen) atoms. The third-order valence-corrected chi connectivity index (χ3v) is 42.6. The maximum Gasteiger partial charge on any atom is 0.360 e. The second kappa shape index (κ2) is 36.0.